The van der Waals surface area contributed by atoms with Crippen LogP contribution in [-0.2, 0) is 26.5 Å². The van der Waals surface area contributed by atoms with Gasteiger partial charge in [0, 0.05) is 38.5 Å². The third-order valence-electron chi connectivity index (χ3n) is 8.10. The van der Waals surface area contributed by atoms with E-state index in [1.165, 1.54) is 11.1 Å². The molecule has 3 heterocycles. The fraction of sp³-hybridized carbons (Fsp3) is 0.0270. The normalized spacial score (nSPS) is 12.9. The molecule has 204 valence electrons. The number of aromatic hydroxyl groups is 1. The minimum absolute atomic E-state index is 0. The van der Waals surface area contributed by atoms with Crippen molar-refractivity contribution in [1.29, 1.82) is 0 Å². The van der Waals surface area contributed by atoms with E-state index in [1.54, 1.807) is 6.07 Å². The van der Waals surface area contributed by atoms with Crippen molar-refractivity contribution in [1.82, 2.24) is 14.4 Å². The number of pyridine rings is 2. The molecule has 0 radical (unpaired) electrons. The van der Waals surface area contributed by atoms with Crippen LogP contribution >= 0.6 is 0 Å². The van der Waals surface area contributed by atoms with Gasteiger partial charge < -0.3 is 9.51 Å². The SMILES string of the molecule is Oc1ccccc1-c1cccc(C2(c3[c-]c(-c4cn5ccccc5n4)ccc3)c3ccccc3-c3ccccc32)n1.[Pt]. The largest absolute Gasteiger partial charge is 0.507 e. The monoisotopic (exact) mass is 721 g/mol. The topological polar surface area (TPSA) is 50.4 Å². The molecule has 5 heteroatoms. The minimum atomic E-state index is -0.719. The van der Waals surface area contributed by atoms with E-state index >= 15 is 0 Å². The molecule has 7 aromatic rings. The number of phenols is 1. The molecule has 0 saturated heterocycles. The molecule has 1 aliphatic rings. The van der Waals surface area contributed by atoms with E-state index in [1.807, 2.05) is 65.3 Å². The van der Waals surface area contributed by atoms with Crippen LogP contribution in [0, 0.1) is 6.07 Å². The molecular formula is C37H24N3OPt-. The van der Waals surface area contributed by atoms with Gasteiger partial charge in [0.25, 0.3) is 0 Å². The quantitative estimate of drug-likeness (QED) is 0.188. The molecule has 0 aliphatic heterocycles. The maximum Gasteiger partial charge on any atom is 0.126 e. The molecule has 0 fully saturated rings. The summed E-state index contributed by atoms with van der Waals surface area (Å²) in [5.74, 6) is 0.207. The number of hydrogen-bond donors (Lipinski definition) is 1. The summed E-state index contributed by atoms with van der Waals surface area (Å²) in [6.07, 6.45) is 4.06. The molecule has 0 bridgehead atoms. The molecule has 4 aromatic carbocycles. The maximum absolute atomic E-state index is 10.7. The molecule has 3 aromatic heterocycles. The van der Waals surface area contributed by atoms with Crippen LogP contribution in [0.5, 0.6) is 5.75 Å². The van der Waals surface area contributed by atoms with Crippen molar-refractivity contribution >= 4 is 5.65 Å². The standard InChI is InChI=1S/C37H24N3O.Pt/c41-34-19-6-3-15-29(34)32-18-10-20-35(38-32)37(30-16-4-1-13-27(30)28-14-2-5-17-31(28)37)26-12-9-11-25(23-26)33-24-40-22-8-7-21-36(40)39-33;/h1-22,24,41H;/q-1;. The summed E-state index contributed by atoms with van der Waals surface area (Å²) >= 11 is 0. The molecule has 0 saturated carbocycles. The van der Waals surface area contributed by atoms with Gasteiger partial charge in [0.05, 0.1) is 16.8 Å². The average molecular weight is 722 g/mol. The van der Waals surface area contributed by atoms with Crippen LogP contribution in [0.15, 0.2) is 140 Å². The predicted molar refractivity (Wildman–Crippen MR) is 162 cm³/mol. The van der Waals surface area contributed by atoms with E-state index < -0.39 is 5.41 Å². The van der Waals surface area contributed by atoms with Crippen molar-refractivity contribution in [2.45, 2.75) is 5.41 Å². The van der Waals surface area contributed by atoms with E-state index in [9.17, 15) is 5.11 Å². The van der Waals surface area contributed by atoms with Gasteiger partial charge in [-0.25, -0.2) is 0 Å². The van der Waals surface area contributed by atoms with Crippen molar-refractivity contribution in [3.8, 4) is 39.4 Å². The zero-order valence-electron chi connectivity index (χ0n) is 22.4. The number of fused-ring (bicyclic) bond motifs is 4. The summed E-state index contributed by atoms with van der Waals surface area (Å²) < 4.78 is 2.03. The van der Waals surface area contributed by atoms with Gasteiger partial charge in [0.15, 0.2) is 0 Å². The molecule has 0 unspecified atom stereocenters. The number of rotatable bonds is 4. The smallest absolute Gasteiger partial charge is 0.126 e. The van der Waals surface area contributed by atoms with Crippen molar-refractivity contribution in [3.05, 3.63) is 168 Å². The molecule has 0 spiro atoms. The van der Waals surface area contributed by atoms with Gasteiger partial charge in [-0.2, -0.15) is 0 Å². The molecule has 0 amide bonds. The summed E-state index contributed by atoms with van der Waals surface area (Å²) in [6.45, 7) is 0. The first-order chi connectivity index (χ1) is 20.2. The summed E-state index contributed by atoms with van der Waals surface area (Å²) in [7, 11) is 0. The minimum Gasteiger partial charge on any atom is -0.507 e. The van der Waals surface area contributed by atoms with Gasteiger partial charge in [0.1, 0.15) is 11.4 Å². The predicted octanol–water partition coefficient (Wildman–Crippen LogP) is 7.93. The van der Waals surface area contributed by atoms with Crippen LogP contribution in [0.4, 0.5) is 0 Å². The van der Waals surface area contributed by atoms with Gasteiger partial charge >= 0.3 is 0 Å². The summed E-state index contributed by atoms with van der Waals surface area (Å²) in [6, 6.07) is 46.7. The second-order valence-electron chi connectivity index (χ2n) is 10.3. The summed E-state index contributed by atoms with van der Waals surface area (Å²) in [5, 5.41) is 10.7. The average Bonchev–Trinajstić information content (AvgIpc) is 3.60. The zero-order valence-corrected chi connectivity index (χ0v) is 24.7. The van der Waals surface area contributed by atoms with Crippen LogP contribution in [0.3, 0.4) is 0 Å². The van der Waals surface area contributed by atoms with Gasteiger partial charge in [-0.15, -0.1) is 35.4 Å². The van der Waals surface area contributed by atoms with E-state index in [0.29, 0.717) is 5.56 Å². The number of aromatic nitrogens is 3. The Labute approximate surface area is 258 Å². The maximum atomic E-state index is 10.7. The number of imidazole rings is 1. The molecule has 8 rings (SSSR count). The van der Waals surface area contributed by atoms with Gasteiger partial charge in [-0.3, -0.25) is 9.97 Å². The van der Waals surface area contributed by atoms with E-state index in [2.05, 4.69) is 78.9 Å². The Bertz CT molecular complexity index is 2020. The summed E-state index contributed by atoms with van der Waals surface area (Å²) in [4.78, 5) is 10.2. The molecule has 1 aliphatic carbocycles. The fourth-order valence-electron chi connectivity index (χ4n) is 6.32. The second-order valence-corrected chi connectivity index (χ2v) is 10.3. The Morgan fingerprint density at radius 2 is 1.26 bits per heavy atom. The van der Waals surface area contributed by atoms with Crippen molar-refractivity contribution in [2.24, 2.45) is 0 Å². The number of para-hydroxylation sites is 1. The van der Waals surface area contributed by atoms with Crippen LogP contribution in [0.25, 0.3) is 39.3 Å². The van der Waals surface area contributed by atoms with Crippen molar-refractivity contribution in [3.63, 3.8) is 0 Å². The van der Waals surface area contributed by atoms with E-state index in [0.717, 1.165) is 45.0 Å². The summed E-state index contributed by atoms with van der Waals surface area (Å²) in [5.41, 5.74) is 9.93. The third-order valence-corrected chi connectivity index (χ3v) is 8.10. The van der Waals surface area contributed by atoms with Crippen molar-refractivity contribution < 1.29 is 26.2 Å². The molecular weight excluding hydrogens is 698 g/mol. The molecule has 1 N–H and O–H groups in total. The number of nitrogens with zero attached hydrogens (tertiary/aromatic N) is 3. The Morgan fingerprint density at radius 1 is 0.595 bits per heavy atom. The van der Waals surface area contributed by atoms with Crippen LogP contribution in [0.2, 0.25) is 0 Å². The van der Waals surface area contributed by atoms with Crippen LogP contribution < -0.4 is 0 Å². The number of hydrogen-bond acceptors (Lipinski definition) is 3. The third kappa shape index (κ3) is 3.87. The Balaban J connectivity index is 0.00000288. The van der Waals surface area contributed by atoms with E-state index in [-0.39, 0.29) is 26.8 Å². The molecule has 0 atom stereocenters. The Morgan fingerprint density at radius 3 is 2.00 bits per heavy atom. The van der Waals surface area contributed by atoms with Crippen LogP contribution in [-0.4, -0.2) is 19.5 Å². The number of benzene rings is 4. The Hall–Kier alpha value is -4.79. The second kappa shape index (κ2) is 10.2. The van der Waals surface area contributed by atoms with Crippen molar-refractivity contribution in [2.75, 3.05) is 0 Å². The van der Waals surface area contributed by atoms with Gasteiger partial charge in [0.2, 0.25) is 0 Å². The number of phenolic OH excluding ortho intramolecular Hbond substituents is 1. The fourth-order valence-corrected chi connectivity index (χ4v) is 6.32. The zero-order chi connectivity index (χ0) is 27.4. The first-order valence-electron chi connectivity index (χ1n) is 13.7. The Kier molecular flexibility index (Phi) is 6.37. The first kappa shape index (κ1) is 26.1. The van der Waals surface area contributed by atoms with E-state index in [4.69, 9.17) is 9.97 Å². The first-order valence-corrected chi connectivity index (χ1v) is 13.7. The molecule has 42 heavy (non-hydrogen) atoms. The molecule has 4 nitrogen and oxygen atoms in total. The van der Waals surface area contributed by atoms with Gasteiger partial charge in [-0.05, 0) is 64.8 Å². The van der Waals surface area contributed by atoms with Crippen LogP contribution in [0.1, 0.15) is 22.4 Å². The van der Waals surface area contributed by atoms with Gasteiger partial charge in [-0.1, -0.05) is 72.8 Å².